The summed E-state index contributed by atoms with van der Waals surface area (Å²) in [7, 11) is 0. The highest BCUT2D eigenvalue weighted by Crippen LogP contribution is 2.34. The van der Waals surface area contributed by atoms with Gasteiger partial charge in [-0.1, -0.05) is 44.2 Å². The Hall–Kier alpha value is -2.75. The van der Waals surface area contributed by atoms with E-state index >= 15 is 0 Å². The molecule has 3 rings (SSSR count). The molecule has 0 spiro atoms. The Kier molecular flexibility index (Phi) is 8.82. The van der Waals surface area contributed by atoms with E-state index in [2.05, 4.69) is 40.4 Å². The fourth-order valence-electron chi connectivity index (χ4n) is 3.22. The van der Waals surface area contributed by atoms with E-state index in [4.69, 9.17) is 22.7 Å². The molecule has 4 N–H and O–H groups in total. The van der Waals surface area contributed by atoms with Crippen molar-refractivity contribution in [1.82, 2.24) is 5.32 Å². The molecule has 0 aliphatic heterocycles. The minimum Gasteiger partial charge on any atom is -0.492 e. The number of thiophene rings is 1. The molecule has 1 heterocycles. The molecule has 0 bridgehead atoms. The van der Waals surface area contributed by atoms with Crippen molar-refractivity contribution in [2.24, 2.45) is 11.7 Å². The van der Waals surface area contributed by atoms with E-state index in [1.807, 2.05) is 37.3 Å². The van der Waals surface area contributed by atoms with E-state index in [0.29, 0.717) is 45.3 Å². The molecular formula is C25H26BrN3O3S2. The predicted octanol–water partition coefficient (Wildman–Crippen LogP) is 5.67. The first-order valence-electron chi connectivity index (χ1n) is 10.7. The molecule has 2 amide bonds. The van der Waals surface area contributed by atoms with E-state index in [9.17, 15) is 9.59 Å². The Balaban J connectivity index is 1.71. The quantitative estimate of drug-likeness (QED) is 0.309. The number of hydrogen-bond acceptors (Lipinski definition) is 5. The zero-order chi connectivity index (χ0) is 24.8. The Morgan fingerprint density at radius 2 is 1.88 bits per heavy atom. The molecule has 0 aliphatic rings. The number of nitrogens with two attached hydrogens (primary N) is 1. The summed E-state index contributed by atoms with van der Waals surface area (Å²) in [6.45, 7) is 6.56. The maximum Gasteiger partial charge on any atom is 0.257 e. The second kappa shape index (κ2) is 11.6. The van der Waals surface area contributed by atoms with Crippen molar-refractivity contribution in [3.8, 4) is 5.75 Å². The molecule has 0 aliphatic carbocycles. The molecule has 0 atom stereocenters. The second-order valence-electron chi connectivity index (χ2n) is 8.14. The van der Waals surface area contributed by atoms with Crippen molar-refractivity contribution < 1.29 is 14.3 Å². The van der Waals surface area contributed by atoms with Crippen LogP contribution in [0.5, 0.6) is 5.75 Å². The SMILES string of the molecule is Cc1c(Cc2ccccc2)sc(NC(=S)NC(=O)c2ccc(OCC(C)C)c(Br)c2)c1C(N)=O. The van der Waals surface area contributed by atoms with Crippen molar-refractivity contribution in [3.63, 3.8) is 0 Å². The number of carbonyl (C=O) groups excluding carboxylic acids is 2. The Morgan fingerprint density at radius 1 is 1.18 bits per heavy atom. The van der Waals surface area contributed by atoms with Crippen LogP contribution in [0.4, 0.5) is 5.00 Å². The van der Waals surface area contributed by atoms with Crippen LogP contribution in [-0.4, -0.2) is 23.5 Å². The number of hydrogen-bond donors (Lipinski definition) is 3. The summed E-state index contributed by atoms with van der Waals surface area (Å²) < 4.78 is 6.40. The van der Waals surface area contributed by atoms with Gasteiger partial charge in [-0.25, -0.2) is 0 Å². The molecule has 0 fully saturated rings. The molecule has 0 saturated carbocycles. The van der Waals surface area contributed by atoms with Crippen molar-refractivity contribution in [3.05, 3.63) is 80.1 Å². The summed E-state index contributed by atoms with van der Waals surface area (Å²) in [6, 6.07) is 15.0. The topological polar surface area (TPSA) is 93.4 Å². The molecule has 0 radical (unpaired) electrons. The molecule has 178 valence electrons. The molecule has 0 saturated heterocycles. The van der Waals surface area contributed by atoms with E-state index in [1.54, 1.807) is 18.2 Å². The third-order valence-electron chi connectivity index (χ3n) is 4.92. The van der Waals surface area contributed by atoms with Crippen LogP contribution < -0.4 is 21.1 Å². The van der Waals surface area contributed by atoms with Crippen LogP contribution in [0, 0.1) is 12.8 Å². The van der Waals surface area contributed by atoms with Gasteiger partial charge >= 0.3 is 0 Å². The smallest absolute Gasteiger partial charge is 0.257 e. The van der Waals surface area contributed by atoms with Crippen molar-refractivity contribution in [1.29, 1.82) is 0 Å². The monoisotopic (exact) mass is 559 g/mol. The van der Waals surface area contributed by atoms with Gasteiger partial charge in [0.2, 0.25) is 0 Å². The lowest BCUT2D eigenvalue weighted by Gasteiger charge is -2.12. The second-order valence-corrected chi connectivity index (χ2v) is 10.5. The van der Waals surface area contributed by atoms with Gasteiger partial charge in [0, 0.05) is 16.9 Å². The normalized spacial score (nSPS) is 10.7. The molecule has 34 heavy (non-hydrogen) atoms. The highest BCUT2D eigenvalue weighted by molar-refractivity contribution is 9.10. The summed E-state index contributed by atoms with van der Waals surface area (Å²) >= 11 is 10.2. The lowest BCUT2D eigenvalue weighted by molar-refractivity contribution is 0.0975. The van der Waals surface area contributed by atoms with Gasteiger partial charge in [-0.3, -0.25) is 14.9 Å². The number of thiocarbonyl (C=S) groups is 1. The average Bonchev–Trinajstić information content (AvgIpc) is 3.07. The van der Waals surface area contributed by atoms with Gasteiger partial charge in [0.05, 0.1) is 16.6 Å². The fourth-order valence-corrected chi connectivity index (χ4v) is 5.22. The largest absolute Gasteiger partial charge is 0.492 e. The molecule has 1 aromatic heterocycles. The van der Waals surface area contributed by atoms with Crippen LogP contribution in [0.15, 0.2) is 53.0 Å². The standard InChI is InChI=1S/C25H26BrN3O3S2/c1-14(2)13-32-19-10-9-17(12-18(19)26)23(31)28-25(33)29-24-21(22(27)30)15(3)20(34-24)11-16-7-5-4-6-8-16/h4-10,12,14H,11,13H2,1-3H3,(H2,27,30)(H2,28,29,31,33). The number of ether oxygens (including phenoxy) is 1. The van der Waals surface area contributed by atoms with Gasteiger partial charge in [-0.15, -0.1) is 11.3 Å². The number of carbonyl (C=O) groups is 2. The molecule has 3 aromatic rings. The number of halogens is 1. The maximum absolute atomic E-state index is 12.7. The Labute approximate surface area is 217 Å². The van der Waals surface area contributed by atoms with Gasteiger partial charge in [0.15, 0.2) is 5.11 Å². The average molecular weight is 561 g/mol. The van der Waals surface area contributed by atoms with Gasteiger partial charge in [0.1, 0.15) is 10.8 Å². The molecular weight excluding hydrogens is 534 g/mol. The van der Waals surface area contributed by atoms with E-state index < -0.39 is 5.91 Å². The Morgan fingerprint density at radius 3 is 2.50 bits per heavy atom. The number of nitrogens with one attached hydrogen (secondary N) is 2. The van der Waals surface area contributed by atoms with Crippen LogP contribution in [0.25, 0.3) is 0 Å². The number of amides is 2. The van der Waals surface area contributed by atoms with Crippen LogP contribution >= 0.6 is 39.5 Å². The van der Waals surface area contributed by atoms with Crippen molar-refractivity contribution in [2.45, 2.75) is 27.2 Å². The first-order valence-corrected chi connectivity index (χ1v) is 12.7. The highest BCUT2D eigenvalue weighted by atomic mass is 79.9. The third-order valence-corrected chi connectivity index (χ3v) is 6.95. The van der Waals surface area contributed by atoms with Gasteiger partial charge in [-0.05, 0) is 70.3 Å². The molecule has 0 unspecified atom stereocenters. The van der Waals surface area contributed by atoms with Gasteiger partial charge < -0.3 is 15.8 Å². The minimum absolute atomic E-state index is 0.0799. The van der Waals surface area contributed by atoms with E-state index in [-0.39, 0.29) is 11.0 Å². The number of anilines is 1. The highest BCUT2D eigenvalue weighted by Gasteiger charge is 2.21. The summed E-state index contributed by atoms with van der Waals surface area (Å²) in [5.74, 6) is 0.118. The Bertz CT molecular complexity index is 1210. The number of rotatable bonds is 8. The third kappa shape index (κ3) is 6.65. The first-order chi connectivity index (χ1) is 16.2. The van der Waals surface area contributed by atoms with Crippen LogP contribution in [0.2, 0.25) is 0 Å². The maximum atomic E-state index is 12.7. The van der Waals surface area contributed by atoms with E-state index in [1.165, 1.54) is 11.3 Å². The van der Waals surface area contributed by atoms with Gasteiger partial charge in [0.25, 0.3) is 11.8 Å². The molecule has 2 aromatic carbocycles. The summed E-state index contributed by atoms with van der Waals surface area (Å²) in [5, 5.41) is 6.23. The lowest BCUT2D eigenvalue weighted by Crippen LogP contribution is -2.34. The zero-order valence-electron chi connectivity index (χ0n) is 19.1. The van der Waals surface area contributed by atoms with Crippen molar-refractivity contribution >= 4 is 61.4 Å². The van der Waals surface area contributed by atoms with Crippen LogP contribution in [0.3, 0.4) is 0 Å². The van der Waals surface area contributed by atoms with Crippen molar-refractivity contribution in [2.75, 3.05) is 11.9 Å². The lowest BCUT2D eigenvalue weighted by atomic mass is 10.1. The number of benzene rings is 2. The predicted molar refractivity (Wildman–Crippen MR) is 145 cm³/mol. The van der Waals surface area contributed by atoms with Gasteiger partial charge in [-0.2, -0.15) is 0 Å². The summed E-state index contributed by atoms with van der Waals surface area (Å²) in [6.07, 6.45) is 0.664. The molecule has 6 nitrogen and oxygen atoms in total. The summed E-state index contributed by atoms with van der Waals surface area (Å²) in [4.78, 5) is 25.9. The van der Waals surface area contributed by atoms with E-state index in [0.717, 1.165) is 16.0 Å². The first kappa shape index (κ1) is 25.9. The number of primary amides is 1. The van der Waals surface area contributed by atoms with Crippen LogP contribution in [-0.2, 0) is 6.42 Å². The van der Waals surface area contributed by atoms with Crippen LogP contribution in [0.1, 0.15) is 50.6 Å². The zero-order valence-corrected chi connectivity index (χ0v) is 22.3. The fraction of sp³-hybridized carbons (Fsp3) is 0.240. The molecule has 9 heteroatoms. The summed E-state index contributed by atoms with van der Waals surface area (Å²) in [5.41, 5.74) is 8.36. The minimum atomic E-state index is -0.550.